The van der Waals surface area contributed by atoms with Gasteiger partial charge in [0.15, 0.2) is 0 Å². The maximum Gasteiger partial charge on any atom is 0.338 e. The number of pyridine rings is 1. The van der Waals surface area contributed by atoms with E-state index in [1.54, 1.807) is 31.2 Å². The zero-order chi connectivity index (χ0) is 16.6. The largest absolute Gasteiger partial charge is 0.462 e. The van der Waals surface area contributed by atoms with Crippen LogP contribution in [0.15, 0.2) is 35.1 Å². The standard InChI is InChI=1S/C17H17N3O3/c1-4-23-17(22)12-5-7-13(8-6-12)20-16(21)15-11(3)18-10(2)9-14(15)19-20/h5-9,19H,4H2,1-3H3. The van der Waals surface area contributed by atoms with Crippen LogP contribution in [0.1, 0.15) is 28.7 Å². The van der Waals surface area contributed by atoms with Crippen molar-refractivity contribution in [2.45, 2.75) is 20.8 Å². The van der Waals surface area contributed by atoms with Gasteiger partial charge < -0.3 is 4.74 Å². The van der Waals surface area contributed by atoms with Gasteiger partial charge in [-0.1, -0.05) is 0 Å². The van der Waals surface area contributed by atoms with Gasteiger partial charge in [0.1, 0.15) is 0 Å². The molecule has 0 amide bonds. The fraction of sp³-hybridized carbons (Fsp3) is 0.235. The molecule has 23 heavy (non-hydrogen) atoms. The lowest BCUT2D eigenvalue weighted by atomic mass is 10.2. The Morgan fingerprint density at radius 2 is 1.96 bits per heavy atom. The number of aromatic amines is 1. The van der Waals surface area contributed by atoms with Gasteiger partial charge in [0, 0.05) is 5.69 Å². The topological polar surface area (TPSA) is 77.0 Å². The zero-order valence-electron chi connectivity index (χ0n) is 13.2. The molecule has 0 saturated heterocycles. The van der Waals surface area contributed by atoms with E-state index in [9.17, 15) is 9.59 Å². The van der Waals surface area contributed by atoms with Gasteiger partial charge in [-0.05, 0) is 51.1 Å². The summed E-state index contributed by atoms with van der Waals surface area (Å²) in [7, 11) is 0. The van der Waals surface area contributed by atoms with Crippen molar-refractivity contribution in [1.82, 2.24) is 14.8 Å². The van der Waals surface area contributed by atoms with Crippen molar-refractivity contribution in [1.29, 1.82) is 0 Å². The number of ether oxygens (including phenoxy) is 1. The molecule has 0 radical (unpaired) electrons. The highest BCUT2D eigenvalue weighted by atomic mass is 16.5. The summed E-state index contributed by atoms with van der Waals surface area (Å²) in [6.07, 6.45) is 0. The molecule has 6 heteroatoms. The number of carbonyl (C=O) groups is 1. The molecular weight excluding hydrogens is 294 g/mol. The van der Waals surface area contributed by atoms with Gasteiger partial charge in [-0.15, -0.1) is 0 Å². The highest BCUT2D eigenvalue weighted by molar-refractivity contribution is 5.89. The van der Waals surface area contributed by atoms with Crippen LogP contribution in [0.5, 0.6) is 0 Å². The van der Waals surface area contributed by atoms with E-state index in [1.807, 2.05) is 19.9 Å². The summed E-state index contributed by atoms with van der Waals surface area (Å²) in [6.45, 7) is 5.79. The number of nitrogens with zero attached hydrogens (tertiary/aromatic N) is 2. The number of carbonyl (C=O) groups excluding carboxylic acids is 1. The number of hydrogen-bond donors (Lipinski definition) is 1. The minimum Gasteiger partial charge on any atom is -0.462 e. The Bertz CT molecular complexity index is 936. The van der Waals surface area contributed by atoms with Crippen LogP contribution in [0.2, 0.25) is 0 Å². The third-order valence-corrected chi connectivity index (χ3v) is 3.61. The molecule has 1 aromatic carbocycles. The maximum atomic E-state index is 12.6. The van der Waals surface area contributed by atoms with Crippen molar-refractivity contribution < 1.29 is 9.53 Å². The summed E-state index contributed by atoms with van der Waals surface area (Å²) >= 11 is 0. The van der Waals surface area contributed by atoms with Crippen molar-refractivity contribution in [3.05, 3.63) is 57.6 Å². The molecule has 3 aromatic rings. The zero-order valence-corrected chi connectivity index (χ0v) is 13.2. The lowest BCUT2D eigenvalue weighted by molar-refractivity contribution is 0.0526. The first-order valence-corrected chi connectivity index (χ1v) is 7.37. The number of aromatic nitrogens is 3. The monoisotopic (exact) mass is 311 g/mol. The van der Waals surface area contributed by atoms with Crippen molar-refractivity contribution in [3.63, 3.8) is 0 Å². The van der Waals surface area contributed by atoms with E-state index in [4.69, 9.17) is 4.74 Å². The third-order valence-electron chi connectivity index (χ3n) is 3.61. The van der Waals surface area contributed by atoms with Crippen molar-refractivity contribution in [2.75, 3.05) is 6.61 Å². The van der Waals surface area contributed by atoms with Gasteiger partial charge in [-0.25, -0.2) is 9.48 Å². The summed E-state index contributed by atoms with van der Waals surface area (Å²) in [6, 6.07) is 8.54. The van der Waals surface area contributed by atoms with E-state index in [-0.39, 0.29) is 11.5 Å². The SMILES string of the molecule is CCOC(=O)c1ccc(-n2[nH]c3cc(C)nc(C)c3c2=O)cc1. The summed E-state index contributed by atoms with van der Waals surface area (Å²) < 4.78 is 6.40. The minimum absolute atomic E-state index is 0.158. The smallest absolute Gasteiger partial charge is 0.338 e. The Morgan fingerprint density at radius 1 is 1.26 bits per heavy atom. The van der Waals surface area contributed by atoms with Crippen molar-refractivity contribution in [2.24, 2.45) is 0 Å². The first-order chi connectivity index (χ1) is 11.0. The Labute approximate surface area is 132 Å². The molecule has 6 nitrogen and oxygen atoms in total. The first kappa shape index (κ1) is 15.0. The van der Waals surface area contributed by atoms with Gasteiger partial charge >= 0.3 is 5.97 Å². The first-order valence-electron chi connectivity index (χ1n) is 7.37. The summed E-state index contributed by atoms with van der Waals surface area (Å²) in [4.78, 5) is 28.6. The number of H-pyrrole nitrogens is 1. The quantitative estimate of drug-likeness (QED) is 0.754. The van der Waals surface area contributed by atoms with Crippen LogP contribution >= 0.6 is 0 Å². The molecule has 2 aromatic heterocycles. The van der Waals surface area contributed by atoms with Crippen LogP contribution in [0.25, 0.3) is 16.6 Å². The summed E-state index contributed by atoms with van der Waals surface area (Å²) in [5.74, 6) is -0.376. The van der Waals surface area contributed by atoms with Crippen LogP contribution in [0.4, 0.5) is 0 Å². The van der Waals surface area contributed by atoms with Crippen molar-refractivity contribution >= 4 is 16.9 Å². The molecule has 0 unspecified atom stereocenters. The maximum absolute atomic E-state index is 12.6. The summed E-state index contributed by atoms with van der Waals surface area (Å²) in [5.41, 5.74) is 3.23. The predicted octanol–water partition coefficient (Wildman–Crippen LogP) is 2.51. The Hall–Kier alpha value is -2.89. The average molecular weight is 311 g/mol. The molecule has 0 fully saturated rings. The number of hydrogen-bond acceptors (Lipinski definition) is 4. The fourth-order valence-electron chi connectivity index (χ4n) is 2.61. The molecule has 1 N–H and O–H groups in total. The van der Waals surface area contributed by atoms with Crippen LogP contribution in [-0.2, 0) is 4.74 Å². The fourth-order valence-corrected chi connectivity index (χ4v) is 2.61. The van der Waals surface area contributed by atoms with E-state index in [0.29, 0.717) is 28.9 Å². The van der Waals surface area contributed by atoms with Gasteiger partial charge in [0.05, 0.1) is 34.5 Å². The molecule has 2 heterocycles. The molecule has 0 aliphatic carbocycles. The normalized spacial score (nSPS) is 10.9. The molecule has 0 aliphatic rings. The molecule has 0 bridgehead atoms. The van der Waals surface area contributed by atoms with E-state index in [2.05, 4.69) is 10.1 Å². The Kier molecular flexibility index (Phi) is 3.73. The lowest BCUT2D eigenvalue weighted by Gasteiger charge is -2.04. The molecule has 118 valence electrons. The number of nitrogens with one attached hydrogen (secondary N) is 1. The Morgan fingerprint density at radius 3 is 2.61 bits per heavy atom. The van der Waals surface area contributed by atoms with E-state index in [1.165, 1.54) is 4.68 Å². The molecule has 3 rings (SSSR count). The number of esters is 1. The highest BCUT2D eigenvalue weighted by Crippen LogP contribution is 2.15. The van der Waals surface area contributed by atoms with Crippen LogP contribution < -0.4 is 5.56 Å². The highest BCUT2D eigenvalue weighted by Gasteiger charge is 2.13. The second-order valence-electron chi connectivity index (χ2n) is 5.29. The second kappa shape index (κ2) is 5.72. The predicted molar refractivity (Wildman–Crippen MR) is 87.1 cm³/mol. The van der Waals surface area contributed by atoms with Gasteiger partial charge in [0.2, 0.25) is 0 Å². The van der Waals surface area contributed by atoms with Crippen molar-refractivity contribution in [3.8, 4) is 5.69 Å². The van der Waals surface area contributed by atoms with Crippen LogP contribution in [0, 0.1) is 13.8 Å². The van der Waals surface area contributed by atoms with Crippen LogP contribution in [0.3, 0.4) is 0 Å². The summed E-state index contributed by atoms with van der Waals surface area (Å²) in [5, 5.41) is 3.66. The molecule has 0 atom stereocenters. The van der Waals surface area contributed by atoms with Gasteiger partial charge in [0.25, 0.3) is 5.56 Å². The molecule has 0 spiro atoms. The van der Waals surface area contributed by atoms with E-state index >= 15 is 0 Å². The van der Waals surface area contributed by atoms with Gasteiger partial charge in [-0.3, -0.25) is 14.9 Å². The van der Waals surface area contributed by atoms with Crippen LogP contribution in [-0.4, -0.2) is 27.3 Å². The Balaban J connectivity index is 2.07. The number of benzene rings is 1. The third kappa shape index (κ3) is 2.63. The van der Waals surface area contributed by atoms with Gasteiger partial charge in [-0.2, -0.15) is 0 Å². The number of fused-ring (bicyclic) bond motifs is 1. The van der Waals surface area contributed by atoms with E-state index < -0.39 is 0 Å². The number of rotatable bonds is 3. The minimum atomic E-state index is -0.376. The lowest BCUT2D eigenvalue weighted by Crippen LogP contribution is -2.15. The molecule has 0 saturated carbocycles. The van der Waals surface area contributed by atoms with E-state index in [0.717, 1.165) is 11.2 Å². The molecule has 0 aliphatic heterocycles. The average Bonchev–Trinajstić information content (AvgIpc) is 2.84. The molecular formula is C17H17N3O3. The second-order valence-corrected chi connectivity index (χ2v) is 5.29. The number of aryl methyl sites for hydroxylation is 2.